The van der Waals surface area contributed by atoms with Gasteiger partial charge in [0.25, 0.3) is 0 Å². The zero-order valence-electron chi connectivity index (χ0n) is 16.5. The highest BCUT2D eigenvalue weighted by atomic mass is 32.2. The lowest BCUT2D eigenvalue weighted by Crippen LogP contribution is -2.19. The van der Waals surface area contributed by atoms with Crippen LogP contribution in [0, 0.1) is 13.8 Å². The van der Waals surface area contributed by atoms with E-state index >= 15 is 0 Å². The summed E-state index contributed by atoms with van der Waals surface area (Å²) in [5, 5.41) is 0. The molecule has 1 aromatic carbocycles. The minimum absolute atomic E-state index is 0.0442. The number of rotatable bonds is 9. The number of hydrogen-bond acceptors (Lipinski definition) is 3. The molecule has 142 valence electrons. The van der Waals surface area contributed by atoms with Crippen molar-refractivity contribution in [2.75, 3.05) is 6.61 Å². The quantitative estimate of drug-likeness (QED) is 0.516. The SMILES string of the molecule is Cc1cc(CCCCCOC(C)(C)C)cc(C)c1CC1([SH](=O)=O)CC1. The van der Waals surface area contributed by atoms with E-state index in [-0.39, 0.29) is 5.60 Å². The monoisotopic (exact) mass is 366 g/mol. The number of ether oxygens (including phenoxy) is 1. The van der Waals surface area contributed by atoms with Crippen LogP contribution in [0.2, 0.25) is 0 Å². The molecule has 25 heavy (non-hydrogen) atoms. The first-order valence-corrected chi connectivity index (χ1v) is 10.7. The summed E-state index contributed by atoms with van der Waals surface area (Å²) in [7, 11) is -2.32. The van der Waals surface area contributed by atoms with Crippen molar-refractivity contribution in [3.63, 3.8) is 0 Å². The highest BCUT2D eigenvalue weighted by Crippen LogP contribution is 2.43. The summed E-state index contributed by atoms with van der Waals surface area (Å²) in [6, 6.07) is 4.50. The first-order chi connectivity index (χ1) is 11.6. The lowest BCUT2D eigenvalue weighted by molar-refractivity contribution is -0.00469. The van der Waals surface area contributed by atoms with Crippen LogP contribution in [0.4, 0.5) is 0 Å². The Balaban J connectivity index is 1.85. The second-order valence-corrected chi connectivity index (χ2v) is 10.1. The molecule has 0 spiro atoms. The van der Waals surface area contributed by atoms with Gasteiger partial charge in [-0.15, -0.1) is 0 Å². The molecule has 0 saturated heterocycles. The summed E-state index contributed by atoms with van der Waals surface area (Å²) >= 11 is 0. The van der Waals surface area contributed by atoms with E-state index in [0.717, 1.165) is 32.3 Å². The summed E-state index contributed by atoms with van der Waals surface area (Å²) in [5.74, 6) is 0. The minimum atomic E-state index is -2.32. The van der Waals surface area contributed by atoms with Crippen molar-refractivity contribution >= 4 is 10.7 Å². The molecule has 0 bridgehead atoms. The van der Waals surface area contributed by atoms with Crippen LogP contribution in [0.3, 0.4) is 0 Å². The Morgan fingerprint density at radius 1 is 1.04 bits per heavy atom. The normalized spacial score (nSPS) is 16.4. The minimum Gasteiger partial charge on any atom is -0.376 e. The second kappa shape index (κ2) is 8.22. The van der Waals surface area contributed by atoms with Gasteiger partial charge in [0.05, 0.1) is 10.3 Å². The summed E-state index contributed by atoms with van der Waals surface area (Å²) in [5.41, 5.74) is 5.05. The first kappa shape index (κ1) is 20.4. The van der Waals surface area contributed by atoms with Gasteiger partial charge in [-0.1, -0.05) is 18.6 Å². The fourth-order valence-electron chi connectivity index (χ4n) is 3.39. The van der Waals surface area contributed by atoms with Crippen LogP contribution in [0.1, 0.15) is 75.1 Å². The summed E-state index contributed by atoms with van der Waals surface area (Å²) in [4.78, 5) is 0. The Bertz CT molecular complexity index is 633. The maximum atomic E-state index is 11.5. The number of thiol groups is 1. The fourth-order valence-corrected chi connectivity index (χ4v) is 4.15. The number of hydrogen-bond donors (Lipinski definition) is 1. The van der Waals surface area contributed by atoms with E-state index in [2.05, 4.69) is 46.8 Å². The first-order valence-electron chi connectivity index (χ1n) is 9.50. The van der Waals surface area contributed by atoms with Crippen LogP contribution in [-0.2, 0) is 28.3 Å². The van der Waals surface area contributed by atoms with Crippen molar-refractivity contribution in [2.24, 2.45) is 0 Å². The van der Waals surface area contributed by atoms with Gasteiger partial charge < -0.3 is 4.74 Å². The van der Waals surface area contributed by atoms with E-state index in [1.807, 2.05) is 0 Å². The molecule has 3 nitrogen and oxygen atoms in total. The summed E-state index contributed by atoms with van der Waals surface area (Å²) < 4.78 is 28.3. The Morgan fingerprint density at radius 2 is 1.64 bits per heavy atom. The molecule has 0 atom stereocenters. The molecule has 1 aliphatic rings. The third-order valence-electron chi connectivity index (χ3n) is 5.12. The van der Waals surface area contributed by atoms with Crippen molar-refractivity contribution < 1.29 is 13.2 Å². The van der Waals surface area contributed by atoms with E-state index in [4.69, 9.17) is 4.74 Å². The van der Waals surface area contributed by atoms with Gasteiger partial charge in [0.2, 0.25) is 0 Å². The molecule has 0 aliphatic heterocycles. The van der Waals surface area contributed by atoms with Gasteiger partial charge in [-0.2, -0.15) is 0 Å². The average Bonchev–Trinajstić information content (AvgIpc) is 3.27. The van der Waals surface area contributed by atoms with Gasteiger partial charge in [0.15, 0.2) is 0 Å². The second-order valence-electron chi connectivity index (χ2n) is 8.64. The summed E-state index contributed by atoms with van der Waals surface area (Å²) in [6.07, 6.45) is 6.86. The van der Waals surface area contributed by atoms with Crippen LogP contribution in [0.15, 0.2) is 12.1 Å². The lowest BCUT2D eigenvalue weighted by Gasteiger charge is -2.19. The molecule has 4 heteroatoms. The Labute approximate surface area is 155 Å². The molecule has 0 aromatic heterocycles. The Kier molecular flexibility index (Phi) is 6.72. The van der Waals surface area contributed by atoms with Crippen LogP contribution in [0.25, 0.3) is 0 Å². The standard InChI is InChI=1S/C21H34O3S/c1-16-13-18(9-7-6-8-12-24-20(3,4)5)14-17(2)19(16)15-21(10-11-21)25(22)23/h13-14,25H,6-12,15H2,1-5H3. The summed E-state index contributed by atoms with van der Waals surface area (Å²) in [6.45, 7) is 11.3. The van der Waals surface area contributed by atoms with Crippen LogP contribution in [-0.4, -0.2) is 25.4 Å². The smallest absolute Gasteiger partial charge is 0.146 e. The predicted octanol–water partition coefficient (Wildman–Crippen LogP) is 4.52. The molecule has 1 aromatic rings. The van der Waals surface area contributed by atoms with Crippen LogP contribution in [0.5, 0.6) is 0 Å². The van der Waals surface area contributed by atoms with Gasteiger partial charge in [-0.05, 0) is 95.4 Å². The molecular weight excluding hydrogens is 332 g/mol. The molecule has 0 radical (unpaired) electrons. The van der Waals surface area contributed by atoms with Crippen molar-refractivity contribution in [2.45, 2.75) is 89.9 Å². The van der Waals surface area contributed by atoms with Gasteiger partial charge >= 0.3 is 0 Å². The van der Waals surface area contributed by atoms with E-state index in [1.165, 1.54) is 35.1 Å². The van der Waals surface area contributed by atoms with E-state index < -0.39 is 15.5 Å². The van der Waals surface area contributed by atoms with Gasteiger partial charge in [0, 0.05) is 6.61 Å². The predicted molar refractivity (Wildman–Crippen MR) is 105 cm³/mol. The third kappa shape index (κ3) is 6.10. The molecule has 1 saturated carbocycles. The molecule has 2 rings (SSSR count). The highest BCUT2D eigenvalue weighted by Gasteiger charge is 2.46. The maximum absolute atomic E-state index is 11.5. The lowest BCUT2D eigenvalue weighted by atomic mass is 9.93. The molecule has 0 unspecified atom stereocenters. The topological polar surface area (TPSA) is 43.4 Å². The van der Waals surface area contributed by atoms with Crippen molar-refractivity contribution in [3.8, 4) is 0 Å². The van der Waals surface area contributed by atoms with E-state index in [9.17, 15) is 8.42 Å². The Hall–Kier alpha value is -0.870. The molecule has 0 heterocycles. The van der Waals surface area contributed by atoms with Crippen LogP contribution >= 0.6 is 0 Å². The average molecular weight is 367 g/mol. The molecular formula is C21H34O3S. The van der Waals surface area contributed by atoms with Crippen LogP contribution < -0.4 is 0 Å². The maximum Gasteiger partial charge on any atom is 0.146 e. The fraction of sp³-hybridized carbons (Fsp3) is 0.714. The molecule has 0 amide bonds. The third-order valence-corrected chi connectivity index (χ3v) is 6.50. The molecule has 0 N–H and O–H groups in total. The van der Waals surface area contributed by atoms with E-state index in [0.29, 0.717) is 6.42 Å². The van der Waals surface area contributed by atoms with Crippen molar-refractivity contribution in [3.05, 3.63) is 34.4 Å². The number of aryl methyl sites for hydroxylation is 3. The van der Waals surface area contributed by atoms with Gasteiger partial charge in [-0.3, -0.25) is 0 Å². The zero-order chi connectivity index (χ0) is 18.7. The largest absolute Gasteiger partial charge is 0.376 e. The van der Waals surface area contributed by atoms with Crippen molar-refractivity contribution in [1.29, 1.82) is 0 Å². The van der Waals surface area contributed by atoms with Gasteiger partial charge in [-0.25, -0.2) is 8.42 Å². The Morgan fingerprint density at radius 3 is 2.12 bits per heavy atom. The van der Waals surface area contributed by atoms with E-state index in [1.54, 1.807) is 0 Å². The zero-order valence-corrected chi connectivity index (χ0v) is 17.4. The number of unbranched alkanes of at least 4 members (excludes halogenated alkanes) is 2. The number of benzene rings is 1. The van der Waals surface area contributed by atoms with Crippen molar-refractivity contribution in [1.82, 2.24) is 0 Å². The highest BCUT2D eigenvalue weighted by molar-refractivity contribution is 7.74. The molecule has 1 aliphatic carbocycles. The molecule has 1 fully saturated rings. The van der Waals surface area contributed by atoms with Gasteiger partial charge in [0.1, 0.15) is 10.7 Å².